The number of nitrogens with one attached hydrogen (secondary N) is 1. The number of anilines is 2. The third-order valence-electron chi connectivity index (χ3n) is 5.05. The highest BCUT2D eigenvalue weighted by Crippen LogP contribution is 2.27. The zero-order valence-electron chi connectivity index (χ0n) is 17.1. The fourth-order valence-electron chi connectivity index (χ4n) is 3.42. The van der Waals surface area contributed by atoms with Crippen molar-refractivity contribution >= 4 is 40.7 Å². The van der Waals surface area contributed by atoms with Crippen LogP contribution in [0.2, 0.25) is 10.0 Å². The molecule has 4 rings (SSSR count). The van der Waals surface area contributed by atoms with Crippen molar-refractivity contribution in [2.45, 2.75) is 13.0 Å². The van der Waals surface area contributed by atoms with E-state index in [0.29, 0.717) is 47.8 Å². The van der Waals surface area contributed by atoms with Crippen molar-refractivity contribution < 1.29 is 13.9 Å². The SMILES string of the molecule is C[C@H]1CN(c2cc(Oc3ccc(F)c(Cl)c3)ncn2)CCN1C(=O)Nc1ccc(Cl)cc1. The molecule has 0 radical (unpaired) electrons. The molecule has 166 valence electrons. The summed E-state index contributed by atoms with van der Waals surface area (Å²) < 4.78 is 19.0. The van der Waals surface area contributed by atoms with Crippen LogP contribution < -0.4 is 15.0 Å². The summed E-state index contributed by atoms with van der Waals surface area (Å²) in [5.41, 5.74) is 0.688. The van der Waals surface area contributed by atoms with Crippen molar-refractivity contribution in [1.29, 1.82) is 0 Å². The van der Waals surface area contributed by atoms with E-state index in [4.69, 9.17) is 27.9 Å². The first kappa shape index (κ1) is 22.1. The Hall–Kier alpha value is -3.10. The fourth-order valence-corrected chi connectivity index (χ4v) is 3.71. The number of carbonyl (C=O) groups excluding carboxylic acids is 1. The number of carbonyl (C=O) groups is 1. The Balaban J connectivity index is 1.39. The van der Waals surface area contributed by atoms with E-state index in [2.05, 4.69) is 20.2 Å². The summed E-state index contributed by atoms with van der Waals surface area (Å²) in [5, 5.41) is 3.48. The van der Waals surface area contributed by atoms with E-state index in [-0.39, 0.29) is 17.1 Å². The Morgan fingerprint density at radius 2 is 1.91 bits per heavy atom. The van der Waals surface area contributed by atoms with Gasteiger partial charge < -0.3 is 19.9 Å². The number of nitrogens with zero attached hydrogens (tertiary/aromatic N) is 4. The van der Waals surface area contributed by atoms with E-state index in [1.165, 1.54) is 24.5 Å². The number of hydrogen-bond acceptors (Lipinski definition) is 5. The molecule has 3 aromatic rings. The van der Waals surface area contributed by atoms with Crippen LogP contribution >= 0.6 is 23.2 Å². The van der Waals surface area contributed by atoms with Crippen LogP contribution in [0.15, 0.2) is 54.9 Å². The topological polar surface area (TPSA) is 70.6 Å². The molecule has 32 heavy (non-hydrogen) atoms. The maximum atomic E-state index is 13.4. The minimum atomic E-state index is -0.519. The zero-order valence-corrected chi connectivity index (χ0v) is 18.6. The van der Waals surface area contributed by atoms with Crippen LogP contribution in [0.25, 0.3) is 0 Å². The van der Waals surface area contributed by atoms with E-state index in [1.54, 1.807) is 35.2 Å². The second-order valence-electron chi connectivity index (χ2n) is 7.32. The van der Waals surface area contributed by atoms with Gasteiger partial charge in [-0.15, -0.1) is 0 Å². The van der Waals surface area contributed by atoms with E-state index < -0.39 is 5.82 Å². The second-order valence-corrected chi connectivity index (χ2v) is 8.16. The summed E-state index contributed by atoms with van der Waals surface area (Å²) in [5.74, 6) is 0.841. The van der Waals surface area contributed by atoms with Gasteiger partial charge in [0.15, 0.2) is 0 Å². The van der Waals surface area contributed by atoms with Crippen LogP contribution in [0.5, 0.6) is 11.6 Å². The first-order valence-electron chi connectivity index (χ1n) is 9.92. The third-order valence-corrected chi connectivity index (χ3v) is 5.59. The van der Waals surface area contributed by atoms with Crippen molar-refractivity contribution in [3.63, 3.8) is 0 Å². The highest BCUT2D eigenvalue weighted by Gasteiger charge is 2.28. The Morgan fingerprint density at radius 3 is 2.62 bits per heavy atom. The molecule has 2 aromatic carbocycles. The minimum absolute atomic E-state index is 0.0291. The van der Waals surface area contributed by atoms with Gasteiger partial charge in [0, 0.05) is 48.5 Å². The molecule has 0 unspecified atom stereocenters. The molecule has 10 heteroatoms. The van der Waals surface area contributed by atoms with E-state index >= 15 is 0 Å². The summed E-state index contributed by atoms with van der Waals surface area (Å²) in [6.45, 7) is 3.69. The molecule has 1 saturated heterocycles. The van der Waals surface area contributed by atoms with E-state index in [9.17, 15) is 9.18 Å². The lowest BCUT2D eigenvalue weighted by Gasteiger charge is -2.40. The number of aromatic nitrogens is 2. The molecular weight excluding hydrogens is 456 g/mol. The van der Waals surface area contributed by atoms with Crippen molar-refractivity contribution in [2.24, 2.45) is 0 Å². The largest absolute Gasteiger partial charge is 0.439 e. The predicted molar refractivity (Wildman–Crippen MR) is 122 cm³/mol. The van der Waals surface area contributed by atoms with Crippen LogP contribution in [0.4, 0.5) is 20.7 Å². The molecule has 1 aliphatic rings. The van der Waals surface area contributed by atoms with Crippen LogP contribution in [0, 0.1) is 5.82 Å². The van der Waals surface area contributed by atoms with E-state index in [1.807, 2.05) is 6.92 Å². The number of urea groups is 1. The van der Waals surface area contributed by atoms with Crippen molar-refractivity contribution in [3.8, 4) is 11.6 Å². The first-order chi connectivity index (χ1) is 15.4. The first-order valence-corrected chi connectivity index (χ1v) is 10.7. The average molecular weight is 476 g/mol. The Labute approximate surface area is 194 Å². The normalized spacial score (nSPS) is 16.1. The van der Waals surface area contributed by atoms with Gasteiger partial charge in [-0.1, -0.05) is 23.2 Å². The second kappa shape index (κ2) is 9.58. The van der Waals surface area contributed by atoms with Gasteiger partial charge in [-0.05, 0) is 43.3 Å². The predicted octanol–water partition coefficient (Wildman–Crippen LogP) is 5.46. The smallest absolute Gasteiger partial charge is 0.322 e. The van der Waals surface area contributed by atoms with Crippen LogP contribution in [0.1, 0.15) is 6.92 Å². The summed E-state index contributed by atoms with van der Waals surface area (Å²) in [6.07, 6.45) is 1.40. The molecule has 0 spiro atoms. The number of ether oxygens (including phenoxy) is 1. The number of piperazine rings is 1. The standard InChI is InChI=1S/C22H20Cl2FN5O2/c1-14-12-29(8-9-30(14)22(31)28-16-4-2-15(23)3-5-16)20-11-21(27-13-26-20)32-17-6-7-19(25)18(24)10-17/h2-7,10-11,13-14H,8-9,12H2,1H3,(H,28,31)/t14-/m0/s1. The highest BCUT2D eigenvalue weighted by atomic mass is 35.5. The quantitative estimate of drug-likeness (QED) is 0.542. The Bertz CT molecular complexity index is 1120. The summed E-state index contributed by atoms with van der Waals surface area (Å²) in [6, 6.07) is 12.6. The molecule has 1 aliphatic heterocycles. The zero-order chi connectivity index (χ0) is 22.7. The van der Waals surface area contributed by atoms with Crippen LogP contribution in [0.3, 0.4) is 0 Å². The number of halogens is 3. The van der Waals surface area contributed by atoms with Crippen LogP contribution in [-0.2, 0) is 0 Å². The van der Waals surface area contributed by atoms with Gasteiger partial charge in [0.1, 0.15) is 23.7 Å². The molecule has 1 N–H and O–H groups in total. The van der Waals surface area contributed by atoms with Crippen molar-refractivity contribution in [2.75, 3.05) is 29.9 Å². The average Bonchev–Trinajstić information content (AvgIpc) is 2.78. The summed E-state index contributed by atoms with van der Waals surface area (Å²) in [4.78, 5) is 25.0. The van der Waals surface area contributed by atoms with Gasteiger partial charge in [0.2, 0.25) is 5.88 Å². The Morgan fingerprint density at radius 1 is 1.12 bits per heavy atom. The fraction of sp³-hybridized carbons (Fsp3) is 0.227. The summed E-state index contributed by atoms with van der Waals surface area (Å²) in [7, 11) is 0. The highest BCUT2D eigenvalue weighted by molar-refractivity contribution is 6.31. The van der Waals surface area contributed by atoms with Gasteiger partial charge in [-0.3, -0.25) is 0 Å². The molecular formula is C22H20Cl2FN5O2. The van der Waals surface area contributed by atoms with Gasteiger partial charge in [-0.25, -0.2) is 19.2 Å². The van der Waals surface area contributed by atoms with Gasteiger partial charge in [0.05, 0.1) is 5.02 Å². The number of hydrogen-bond donors (Lipinski definition) is 1. The molecule has 2 amide bonds. The monoisotopic (exact) mass is 475 g/mol. The lowest BCUT2D eigenvalue weighted by molar-refractivity contribution is 0.184. The molecule has 0 bridgehead atoms. The van der Waals surface area contributed by atoms with Gasteiger partial charge >= 0.3 is 6.03 Å². The van der Waals surface area contributed by atoms with E-state index in [0.717, 1.165) is 0 Å². The maximum absolute atomic E-state index is 13.4. The molecule has 0 saturated carbocycles. The summed E-state index contributed by atoms with van der Waals surface area (Å²) >= 11 is 11.7. The lowest BCUT2D eigenvalue weighted by atomic mass is 10.2. The van der Waals surface area contributed by atoms with Crippen LogP contribution in [-0.4, -0.2) is 46.6 Å². The molecule has 1 fully saturated rings. The molecule has 1 atom stereocenters. The Kier molecular flexibility index (Phi) is 6.62. The third kappa shape index (κ3) is 5.20. The number of rotatable bonds is 4. The van der Waals surface area contributed by atoms with Gasteiger partial charge in [0.25, 0.3) is 0 Å². The van der Waals surface area contributed by atoms with Crippen molar-refractivity contribution in [1.82, 2.24) is 14.9 Å². The number of amides is 2. The lowest BCUT2D eigenvalue weighted by Crippen LogP contribution is -2.55. The number of benzene rings is 2. The van der Waals surface area contributed by atoms with Crippen molar-refractivity contribution in [3.05, 3.63) is 70.7 Å². The molecule has 7 nitrogen and oxygen atoms in total. The molecule has 0 aliphatic carbocycles. The van der Waals surface area contributed by atoms with Gasteiger partial charge in [-0.2, -0.15) is 0 Å². The molecule has 1 aromatic heterocycles. The minimum Gasteiger partial charge on any atom is -0.439 e. The maximum Gasteiger partial charge on any atom is 0.322 e. The molecule has 2 heterocycles.